The molecule has 1 aliphatic heterocycles. The Bertz CT molecular complexity index is 1500. The van der Waals surface area contributed by atoms with Crippen LogP contribution in [0.1, 0.15) is 57.3 Å². The van der Waals surface area contributed by atoms with Gasteiger partial charge in [-0.05, 0) is 82.9 Å². The Hall–Kier alpha value is -3.13. The van der Waals surface area contributed by atoms with E-state index in [1.54, 1.807) is 17.2 Å². The van der Waals surface area contributed by atoms with E-state index in [2.05, 4.69) is 25.9 Å². The van der Waals surface area contributed by atoms with Gasteiger partial charge in [0.25, 0.3) is 0 Å². The van der Waals surface area contributed by atoms with Gasteiger partial charge >= 0.3 is 6.09 Å². The van der Waals surface area contributed by atoms with Crippen LogP contribution < -0.4 is 5.43 Å². The number of rotatable bonds is 2. The lowest BCUT2D eigenvalue weighted by Gasteiger charge is -2.36. The number of piperidine rings is 1. The van der Waals surface area contributed by atoms with Gasteiger partial charge in [-0.3, -0.25) is 9.69 Å². The van der Waals surface area contributed by atoms with Gasteiger partial charge in [-0.2, -0.15) is 0 Å². The number of benzene rings is 2. The van der Waals surface area contributed by atoms with Crippen LogP contribution in [0.15, 0.2) is 50.2 Å². The Balaban J connectivity index is 1.50. The van der Waals surface area contributed by atoms with Crippen molar-refractivity contribution in [1.82, 2.24) is 14.9 Å². The number of aromatic amines is 1. The molecule has 4 aromatic rings. The van der Waals surface area contributed by atoms with Crippen molar-refractivity contribution in [1.29, 1.82) is 0 Å². The van der Waals surface area contributed by atoms with Gasteiger partial charge in [-0.25, -0.2) is 9.78 Å². The van der Waals surface area contributed by atoms with Crippen LogP contribution in [0.4, 0.5) is 4.79 Å². The fraction of sp³-hybridized carbons (Fsp3) is 0.370. The molecule has 0 radical (unpaired) electrons. The highest BCUT2D eigenvalue weighted by Crippen LogP contribution is 2.33. The van der Waals surface area contributed by atoms with Crippen LogP contribution in [0.2, 0.25) is 0 Å². The Morgan fingerprint density at radius 3 is 2.71 bits per heavy atom. The van der Waals surface area contributed by atoms with Gasteiger partial charge in [0.05, 0.1) is 28.7 Å². The van der Waals surface area contributed by atoms with Gasteiger partial charge < -0.3 is 14.1 Å². The van der Waals surface area contributed by atoms with E-state index in [4.69, 9.17) is 9.15 Å². The van der Waals surface area contributed by atoms with Crippen LogP contribution >= 0.6 is 15.9 Å². The molecule has 182 valence electrons. The van der Waals surface area contributed by atoms with Gasteiger partial charge in [-0.15, -0.1) is 0 Å². The number of carbonyl (C=O) groups excluding carboxylic acids is 1. The molecular formula is C27H28BrN3O4. The fourth-order valence-electron chi connectivity index (χ4n) is 4.58. The molecule has 3 heterocycles. The summed E-state index contributed by atoms with van der Waals surface area (Å²) in [5, 5.41) is 1.05. The zero-order valence-corrected chi connectivity index (χ0v) is 21.9. The summed E-state index contributed by atoms with van der Waals surface area (Å²) in [5.41, 5.74) is 3.06. The molecule has 2 aromatic heterocycles. The molecule has 35 heavy (non-hydrogen) atoms. The van der Waals surface area contributed by atoms with Crippen LogP contribution in [0.3, 0.4) is 0 Å². The summed E-state index contributed by atoms with van der Waals surface area (Å²) in [5.74, 6) is 0.642. The number of hydrogen-bond acceptors (Lipinski definition) is 5. The molecule has 1 N–H and O–H groups in total. The van der Waals surface area contributed by atoms with Gasteiger partial charge in [0.1, 0.15) is 22.6 Å². The van der Waals surface area contributed by atoms with Gasteiger partial charge in [-0.1, -0.05) is 15.9 Å². The first-order valence-electron chi connectivity index (χ1n) is 11.8. The number of ether oxygens (including phenoxy) is 1. The number of likely N-dealkylation sites (tertiary alicyclic amines) is 1. The lowest BCUT2D eigenvalue weighted by molar-refractivity contribution is 0.00905. The van der Waals surface area contributed by atoms with E-state index in [9.17, 15) is 9.59 Å². The first kappa shape index (κ1) is 23.6. The quantitative estimate of drug-likeness (QED) is 0.282. The average Bonchev–Trinajstić information content (AvgIpc) is 3.30. The third-order valence-corrected chi connectivity index (χ3v) is 7.16. The van der Waals surface area contributed by atoms with E-state index in [1.807, 2.05) is 52.0 Å². The van der Waals surface area contributed by atoms with Crippen molar-refractivity contribution >= 4 is 44.0 Å². The topological polar surface area (TPSA) is 88.4 Å². The molecule has 7 nitrogen and oxygen atoms in total. The van der Waals surface area contributed by atoms with E-state index < -0.39 is 5.60 Å². The second kappa shape index (κ2) is 8.82. The zero-order valence-electron chi connectivity index (χ0n) is 20.3. The van der Waals surface area contributed by atoms with E-state index in [0.717, 1.165) is 40.6 Å². The number of aromatic nitrogens is 2. The molecular weight excluding hydrogens is 510 g/mol. The predicted octanol–water partition coefficient (Wildman–Crippen LogP) is 6.87. The molecule has 0 bridgehead atoms. The summed E-state index contributed by atoms with van der Waals surface area (Å²) in [4.78, 5) is 35.8. The van der Waals surface area contributed by atoms with Crippen molar-refractivity contribution in [2.45, 2.75) is 58.6 Å². The number of nitrogens with zero attached hydrogens (tertiary/aromatic N) is 2. The Kier molecular flexibility index (Phi) is 5.95. The van der Waals surface area contributed by atoms with Crippen LogP contribution in [0.5, 0.6) is 0 Å². The molecule has 1 amide bonds. The van der Waals surface area contributed by atoms with Crippen molar-refractivity contribution in [3.63, 3.8) is 0 Å². The smallest absolute Gasteiger partial charge is 0.410 e. The van der Waals surface area contributed by atoms with E-state index in [1.165, 1.54) is 0 Å². The van der Waals surface area contributed by atoms with E-state index >= 15 is 0 Å². The molecule has 2 aromatic carbocycles. The number of carbonyl (C=O) groups is 1. The highest BCUT2D eigenvalue weighted by Gasteiger charge is 2.32. The van der Waals surface area contributed by atoms with Gasteiger partial charge in [0.2, 0.25) is 5.43 Å². The zero-order chi connectivity index (χ0) is 24.9. The van der Waals surface area contributed by atoms with Crippen LogP contribution in [-0.4, -0.2) is 33.1 Å². The second-order valence-electron chi connectivity index (χ2n) is 10.1. The average molecular weight is 538 g/mol. The molecule has 0 unspecified atom stereocenters. The normalized spacial score (nSPS) is 16.7. The standard InChI is InChI=1S/C27H28BrN3O4/c1-15-11-17-23(13-19(15)28)34-22-9-8-16(12-18(22)24(17)32)25-29-14-20(30-25)21-7-5-6-10-31(21)26(33)35-27(2,3)4/h8-9,11-14,21H,5-7,10H2,1-4H3,(H,29,30)/t21-/m0/s1. The largest absolute Gasteiger partial charge is 0.456 e. The maximum Gasteiger partial charge on any atom is 0.410 e. The van der Waals surface area contributed by atoms with Crippen molar-refractivity contribution in [3.05, 3.63) is 62.5 Å². The van der Waals surface area contributed by atoms with E-state index in [-0.39, 0.29) is 17.6 Å². The fourth-order valence-corrected chi connectivity index (χ4v) is 4.90. The number of amides is 1. The lowest BCUT2D eigenvalue weighted by atomic mass is 10.0. The van der Waals surface area contributed by atoms with E-state index in [0.29, 0.717) is 34.3 Å². The van der Waals surface area contributed by atoms with Gasteiger partial charge in [0, 0.05) is 16.6 Å². The minimum absolute atomic E-state index is 0.0751. The minimum atomic E-state index is -0.552. The van der Waals surface area contributed by atoms with Crippen LogP contribution in [0.25, 0.3) is 33.3 Å². The highest BCUT2D eigenvalue weighted by molar-refractivity contribution is 9.10. The lowest BCUT2D eigenvalue weighted by Crippen LogP contribution is -2.42. The molecule has 5 rings (SSSR count). The highest BCUT2D eigenvalue weighted by atomic mass is 79.9. The third kappa shape index (κ3) is 4.59. The first-order valence-corrected chi connectivity index (χ1v) is 12.6. The Labute approximate surface area is 211 Å². The van der Waals surface area contributed by atoms with Crippen molar-refractivity contribution in [2.75, 3.05) is 6.54 Å². The number of imidazole rings is 1. The molecule has 8 heteroatoms. The number of hydrogen-bond donors (Lipinski definition) is 1. The molecule has 0 aliphatic carbocycles. The number of nitrogens with one attached hydrogen (secondary N) is 1. The number of fused-ring (bicyclic) bond motifs is 2. The maximum absolute atomic E-state index is 13.3. The van der Waals surface area contributed by atoms with Crippen molar-refractivity contribution in [2.24, 2.45) is 0 Å². The summed E-state index contributed by atoms with van der Waals surface area (Å²) in [6.07, 6.45) is 4.27. The second-order valence-corrected chi connectivity index (χ2v) is 11.0. The third-order valence-electron chi connectivity index (χ3n) is 6.31. The van der Waals surface area contributed by atoms with Crippen molar-refractivity contribution in [3.8, 4) is 11.4 Å². The molecule has 1 atom stereocenters. The summed E-state index contributed by atoms with van der Waals surface area (Å²) >= 11 is 3.50. The molecule has 1 saturated heterocycles. The molecule has 0 saturated carbocycles. The Morgan fingerprint density at radius 1 is 1.17 bits per heavy atom. The number of halogens is 1. The monoisotopic (exact) mass is 537 g/mol. The summed E-state index contributed by atoms with van der Waals surface area (Å²) in [7, 11) is 0. The Morgan fingerprint density at radius 2 is 1.94 bits per heavy atom. The first-order chi connectivity index (χ1) is 16.6. The predicted molar refractivity (Wildman–Crippen MR) is 140 cm³/mol. The number of H-pyrrole nitrogens is 1. The molecule has 0 spiro atoms. The maximum atomic E-state index is 13.3. The summed E-state index contributed by atoms with van der Waals surface area (Å²) in [6, 6.07) is 9.04. The number of aryl methyl sites for hydroxylation is 1. The van der Waals surface area contributed by atoms with Crippen LogP contribution in [0, 0.1) is 6.92 Å². The summed E-state index contributed by atoms with van der Waals surface area (Å²) in [6.45, 7) is 8.21. The van der Waals surface area contributed by atoms with Crippen LogP contribution in [-0.2, 0) is 4.74 Å². The minimum Gasteiger partial charge on any atom is -0.456 e. The van der Waals surface area contributed by atoms with Gasteiger partial charge in [0.15, 0.2) is 0 Å². The molecule has 1 aliphatic rings. The van der Waals surface area contributed by atoms with Crippen molar-refractivity contribution < 1.29 is 13.9 Å². The summed E-state index contributed by atoms with van der Waals surface area (Å²) < 4.78 is 12.6. The molecule has 1 fully saturated rings. The SMILES string of the molecule is Cc1cc2c(=O)c3cc(-c4ncc([C@@H]5CCCCN5C(=O)OC(C)(C)C)[nH]4)ccc3oc2cc1Br.